The van der Waals surface area contributed by atoms with Crippen LogP contribution in [0.15, 0.2) is 28.7 Å². The fraction of sp³-hybridized carbons (Fsp3) is 0.583. The van der Waals surface area contributed by atoms with Crippen LogP contribution in [0, 0.1) is 30.1 Å². The minimum Gasteiger partial charge on any atom is -0.441 e. The number of hydrogen-bond donors (Lipinski definition) is 2. The second kappa shape index (κ2) is 8.13. The van der Waals surface area contributed by atoms with Gasteiger partial charge in [-0.2, -0.15) is 12.7 Å². The van der Waals surface area contributed by atoms with Crippen LogP contribution in [0.4, 0.5) is 5.69 Å². The molecule has 1 aromatic carbocycles. The summed E-state index contributed by atoms with van der Waals surface area (Å²) in [6.45, 7) is 2.12. The number of aryl methyl sites for hydroxylation is 1. The Morgan fingerprint density at radius 2 is 1.73 bits per heavy atom. The van der Waals surface area contributed by atoms with Gasteiger partial charge in [0.1, 0.15) is 11.5 Å². The molecule has 0 spiro atoms. The van der Waals surface area contributed by atoms with Gasteiger partial charge in [-0.15, -0.1) is 0 Å². The fourth-order valence-corrected chi connectivity index (χ4v) is 7.07. The molecule has 9 heteroatoms. The Balaban J connectivity index is 1.32. The average Bonchev–Trinajstić information content (AvgIpc) is 3.11. The van der Waals surface area contributed by atoms with Gasteiger partial charge in [-0.3, -0.25) is 9.52 Å². The highest BCUT2D eigenvalue weighted by Crippen LogP contribution is 2.60. The second-order valence-corrected chi connectivity index (χ2v) is 12.2. The van der Waals surface area contributed by atoms with E-state index in [4.69, 9.17) is 4.42 Å². The fourth-order valence-electron chi connectivity index (χ4n) is 6.44. The average molecular weight is 473 g/mol. The first-order valence-electron chi connectivity index (χ1n) is 11.7. The third kappa shape index (κ3) is 4.17. The van der Waals surface area contributed by atoms with Gasteiger partial charge in [-0.05, 0) is 75.3 Å². The molecule has 6 rings (SSSR count). The molecule has 4 fully saturated rings. The molecule has 2 N–H and O–H groups in total. The third-order valence-electron chi connectivity index (χ3n) is 7.71. The minimum absolute atomic E-state index is 0.157. The van der Waals surface area contributed by atoms with E-state index >= 15 is 0 Å². The molecule has 0 aliphatic heterocycles. The van der Waals surface area contributed by atoms with Gasteiger partial charge in [0.25, 0.3) is 0 Å². The monoisotopic (exact) mass is 472 g/mol. The molecule has 4 bridgehead atoms. The number of carbonyl (C=O) groups excluding carboxylic acids is 1. The summed E-state index contributed by atoms with van der Waals surface area (Å²) in [5.41, 5.74) is 1.39. The van der Waals surface area contributed by atoms with Crippen molar-refractivity contribution in [2.45, 2.75) is 52.0 Å². The molecule has 33 heavy (non-hydrogen) atoms. The number of anilines is 1. The number of carbonyl (C=O) groups is 1. The number of rotatable bonds is 7. The topological polar surface area (TPSA) is 105 Å². The molecule has 1 heterocycles. The third-order valence-corrected chi connectivity index (χ3v) is 9.15. The van der Waals surface area contributed by atoms with Gasteiger partial charge in [-0.25, -0.2) is 4.98 Å². The van der Waals surface area contributed by atoms with Crippen LogP contribution in [0.25, 0.3) is 11.5 Å². The van der Waals surface area contributed by atoms with Crippen LogP contribution >= 0.6 is 0 Å². The first kappa shape index (κ1) is 22.4. The van der Waals surface area contributed by atoms with E-state index in [1.54, 1.807) is 24.3 Å². The Kier molecular flexibility index (Phi) is 5.52. The standard InChI is InChI=1S/C24H32N4O4S/c1-15-21(14-25-23(29)24-11-16-8-17(12-24)10-18(9-16)13-24)26-22(32-15)19-6-4-5-7-20(19)27-33(30,31)28(2)3/h4-7,16-18,27H,8-14H2,1-3H3,(H,25,29). The molecule has 178 valence electrons. The highest BCUT2D eigenvalue weighted by Gasteiger charge is 2.54. The van der Waals surface area contributed by atoms with Crippen molar-refractivity contribution in [3.05, 3.63) is 35.7 Å². The van der Waals surface area contributed by atoms with Gasteiger partial charge >= 0.3 is 10.2 Å². The van der Waals surface area contributed by atoms with Crippen LogP contribution in [-0.2, 0) is 21.5 Å². The zero-order valence-corrected chi connectivity index (χ0v) is 20.2. The minimum atomic E-state index is -3.67. The van der Waals surface area contributed by atoms with E-state index in [-0.39, 0.29) is 11.3 Å². The van der Waals surface area contributed by atoms with Crippen molar-refractivity contribution in [3.63, 3.8) is 0 Å². The lowest BCUT2D eigenvalue weighted by Gasteiger charge is -2.55. The quantitative estimate of drug-likeness (QED) is 0.639. The summed E-state index contributed by atoms with van der Waals surface area (Å²) in [6.07, 6.45) is 6.97. The van der Waals surface area contributed by atoms with Gasteiger partial charge in [0.2, 0.25) is 11.8 Å². The molecule has 1 aromatic heterocycles. The normalized spacial score (nSPS) is 28.3. The molecule has 2 aromatic rings. The summed E-state index contributed by atoms with van der Waals surface area (Å²) in [7, 11) is -0.746. The molecule has 0 atom stereocenters. The van der Waals surface area contributed by atoms with Crippen LogP contribution in [0.5, 0.6) is 0 Å². The van der Waals surface area contributed by atoms with E-state index in [0.717, 1.165) is 23.6 Å². The van der Waals surface area contributed by atoms with E-state index in [9.17, 15) is 13.2 Å². The van der Waals surface area contributed by atoms with Crippen molar-refractivity contribution in [1.82, 2.24) is 14.6 Å². The molecule has 4 aliphatic rings. The number of para-hydroxylation sites is 1. The summed E-state index contributed by atoms with van der Waals surface area (Å²) in [6, 6.07) is 6.98. The molecule has 0 radical (unpaired) electrons. The zero-order valence-electron chi connectivity index (χ0n) is 19.4. The van der Waals surface area contributed by atoms with Crippen LogP contribution in [0.1, 0.15) is 50.0 Å². The molecule has 8 nitrogen and oxygen atoms in total. The van der Waals surface area contributed by atoms with Crippen LogP contribution < -0.4 is 10.0 Å². The van der Waals surface area contributed by atoms with Crippen molar-refractivity contribution in [1.29, 1.82) is 0 Å². The van der Waals surface area contributed by atoms with Crippen molar-refractivity contribution < 1.29 is 17.6 Å². The molecule has 4 aliphatic carbocycles. The van der Waals surface area contributed by atoms with Crippen LogP contribution in [-0.4, -0.2) is 37.7 Å². The maximum atomic E-state index is 13.3. The summed E-state index contributed by atoms with van der Waals surface area (Å²) in [5, 5.41) is 3.15. The molecule has 1 amide bonds. The molecular weight excluding hydrogens is 440 g/mol. The number of hydrogen-bond acceptors (Lipinski definition) is 5. The van der Waals surface area contributed by atoms with E-state index in [0.29, 0.717) is 52.9 Å². The van der Waals surface area contributed by atoms with E-state index in [2.05, 4.69) is 15.0 Å². The molecular formula is C24H32N4O4S. The number of benzene rings is 1. The number of amides is 1. The van der Waals surface area contributed by atoms with E-state index < -0.39 is 10.2 Å². The second-order valence-electron chi connectivity index (χ2n) is 10.3. The molecule has 4 saturated carbocycles. The molecule has 0 saturated heterocycles. The zero-order chi connectivity index (χ0) is 23.4. The van der Waals surface area contributed by atoms with Gasteiger partial charge in [0, 0.05) is 19.5 Å². The Morgan fingerprint density at radius 1 is 1.12 bits per heavy atom. The van der Waals surface area contributed by atoms with Crippen molar-refractivity contribution >= 4 is 21.8 Å². The Morgan fingerprint density at radius 3 is 2.33 bits per heavy atom. The summed E-state index contributed by atoms with van der Waals surface area (Å²) in [5.74, 6) is 3.23. The summed E-state index contributed by atoms with van der Waals surface area (Å²) < 4.78 is 34.2. The van der Waals surface area contributed by atoms with E-state index in [1.165, 1.54) is 33.4 Å². The van der Waals surface area contributed by atoms with Gasteiger partial charge in [0.05, 0.1) is 17.8 Å². The Labute approximate surface area is 195 Å². The molecule has 0 unspecified atom stereocenters. The number of nitrogens with one attached hydrogen (secondary N) is 2. The van der Waals surface area contributed by atoms with E-state index in [1.807, 2.05) is 6.92 Å². The number of oxazole rings is 1. The number of nitrogens with zero attached hydrogens (tertiary/aromatic N) is 2. The highest BCUT2D eigenvalue weighted by atomic mass is 32.2. The van der Waals surface area contributed by atoms with Crippen LogP contribution in [0.2, 0.25) is 0 Å². The predicted molar refractivity (Wildman–Crippen MR) is 125 cm³/mol. The first-order chi connectivity index (χ1) is 15.6. The number of aromatic nitrogens is 1. The lowest BCUT2D eigenvalue weighted by Crippen LogP contribution is -2.53. The van der Waals surface area contributed by atoms with Crippen molar-refractivity contribution in [2.24, 2.45) is 23.2 Å². The predicted octanol–water partition coefficient (Wildman–Crippen LogP) is 3.70. The maximum absolute atomic E-state index is 13.3. The lowest BCUT2D eigenvalue weighted by molar-refractivity contribution is -0.146. The summed E-state index contributed by atoms with van der Waals surface area (Å²) in [4.78, 5) is 17.9. The van der Waals surface area contributed by atoms with Gasteiger partial charge in [-0.1, -0.05) is 12.1 Å². The SMILES string of the molecule is Cc1oc(-c2ccccc2NS(=O)(=O)N(C)C)nc1CNC(=O)C12CC3CC(CC(C3)C1)C2. The van der Waals surface area contributed by atoms with Crippen LogP contribution in [0.3, 0.4) is 0 Å². The lowest BCUT2D eigenvalue weighted by atomic mass is 9.49. The van der Waals surface area contributed by atoms with Gasteiger partial charge < -0.3 is 9.73 Å². The smallest absolute Gasteiger partial charge is 0.301 e. The largest absolute Gasteiger partial charge is 0.441 e. The van der Waals surface area contributed by atoms with Crippen molar-refractivity contribution in [2.75, 3.05) is 18.8 Å². The first-order valence-corrected chi connectivity index (χ1v) is 13.1. The Hall–Kier alpha value is -2.39. The highest BCUT2D eigenvalue weighted by molar-refractivity contribution is 7.90. The van der Waals surface area contributed by atoms with Gasteiger partial charge in [0.15, 0.2) is 0 Å². The Bertz CT molecular complexity index is 1140. The maximum Gasteiger partial charge on any atom is 0.301 e. The van der Waals surface area contributed by atoms with Crippen molar-refractivity contribution in [3.8, 4) is 11.5 Å². The summed E-state index contributed by atoms with van der Waals surface area (Å²) >= 11 is 0.